The van der Waals surface area contributed by atoms with Crippen molar-refractivity contribution >= 4 is 50.8 Å². The van der Waals surface area contributed by atoms with Crippen LogP contribution in [0.5, 0.6) is 0 Å². The topological polar surface area (TPSA) is 102 Å². The fourth-order valence-corrected chi connectivity index (χ4v) is 1.75. The van der Waals surface area contributed by atoms with Crippen LogP contribution in [0.2, 0.25) is 5.02 Å². The smallest absolute Gasteiger partial charge is 0.223 e. The van der Waals surface area contributed by atoms with Gasteiger partial charge in [0.05, 0.1) is 5.02 Å². The molecule has 0 unspecified atom stereocenters. The van der Waals surface area contributed by atoms with Crippen molar-refractivity contribution < 1.29 is 0 Å². The molecule has 6 N–H and O–H groups in total. The molecular formula is C10H10BrClN6. The molecule has 1 aromatic heterocycles. The van der Waals surface area contributed by atoms with Gasteiger partial charge in [-0.1, -0.05) is 11.6 Å². The van der Waals surface area contributed by atoms with E-state index >= 15 is 0 Å². The van der Waals surface area contributed by atoms with Gasteiger partial charge in [0.1, 0.15) is 11.6 Å². The molecular weight excluding hydrogens is 320 g/mol. The highest BCUT2D eigenvalue weighted by atomic mass is 79.9. The Morgan fingerprint density at radius 1 is 1.17 bits per heavy atom. The van der Waals surface area contributed by atoms with Gasteiger partial charge >= 0.3 is 0 Å². The summed E-state index contributed by atoms with van der Waals surface area (Å²) in [6.45, 7) is 0. The monoisotopic (exact) mass is 328 g/mol. The summed E-state index contributed by atoms with van der Waals surface area (Å²) in [6, 6.07) is 7.08. The zero-order valence-corrected chi connectivity index (χ0v) is 11.5. The van der Waals surface area contributed by atoms with Gasteiger partial charge in [-0.25, -0.2) is 5.84 Å². The van der Waals surface area contributed by atoms with Crippen molar-refractivity contribution in [2.45, 2.75) is 0 Å². The van der Waals surface area contributed by atoms with Gasteiger partial charge in [-0.2, -0.15) is 9.97 Å². The van der Waals surface area contributed by atoms with Crippen LogP contribution in [-0.2, 0) is 0 Å². The van der Waals surface area contributed by atoms with Crippen LogP contribution in [0.1, 0.15) is 0 Å². The molecule has 8 heteroatoms. The van der Waals surface area contributed by atoms with E-state index in [2.05, 4.69) is 36.6 Å². The van der Waals surface area contributed by atoms with Crippen LogP contribution < -0.4 is 22.3 Å². The third-order valence-electron chi connectivity index (χ3n) is 2.08. The molecule has 0 atom stereocenters. The molecule has 0 fully saturated rings. The van der Waals surface area contributed by atoms with Crippen LogP contribution in [0, 0.1) is 0 Å². The number of hydrazine groups is 1. The second-order valence-corrected chi connectivity index (χ2v) is 4.66. The number of nitrogen functional groups attached to an aromatic ring is 2. The van der Waals surface area contributed by atoms with Gasteiger partial charge in [0, 0.05) is 16.2 Å². The average molecular weight is 330 g/mol. The molecule has 2 aromatic rings. The van der Waals surface area contributed by atoms with Gasteiger partial charge in [-0.3, -0.25) is 0 Å². The number of anilines is 4. The largest absolute Gasteiger partial charge is 0.368 e. The second-order valence-electron chi connectivity index (χ2n) is 3.39. The van der Waals surface area contributed by atoms with E-state index in [0.717, 1.165) is 10.2 Å². The van der Waals surface area contributed by atoms with E-state index in [1.807, 2.05) is 12.1 Å². The lowest BCUT2D eigenvalue weighted by Crippen LogP contribution is -2.11. The number of nitrogens with zero attached hydrogens (tertiary/aromatic N) is 2. The number of halogens is 2. The van der Waals surface area contributed by atoms with E-state index in [-0.39, 0.29) is 5.95 Å². The summed E-state index contributed by atoms with van der Waals surface area (Å²) in [7, 11) is 0. The molecule has 0 saturated carbocycles. The van der Waals surface area contributed by atoms with Crippen molar-refractivity contribution in [1.29, 1.82) is 0 Å². The van der Waals surface area contributed by atoms with Crippen molar-refractivity contribution in [1.82, 2.24) is 9.97 Å². The van der Waals surface area contributed by atoms with Gasteiger partial charge in [0.15, 0.2) is 0 Å². The first kappa shape index (κ1) is 12.9. The number of aromatic nitrogens is 2. The molecule has 0 aliphatic heterocycles. The first-order valence-corrected chi connectivity index (χ1v) is 6.09. The number of benzene rings is 1. The summed E-state index contributed by atoms with van der Waals surface area (Å²) in [5.41, 5.74) is 8.74. The lowest BCUT2D eigenvalue weighted by molar-refractivity contribution is 1.15. The number of hydrogen-bond acceptors (Lipinski definition) is 6. The Balaban J connectivity index is 2.27. The first-order valence-electron chi connectivity index (χ1n) is 4.92. The quantitative estimate of drug-likeness (QED) is 0.510. The average Bonchev–Trinajstić information content (AvgIpc) is 2.33. The summed E-state index contributed by atoms with van der Waals surface area (Å²) in [4.78, 5) is 7.92. The molecule has 0 bridgehead atoms. The first-order chi connectivity index (χ1) is 8.58. The van der Waals surface area contributed by atoms with Gasteiger partial charge in [0.2, 0.25) is 5.95 Å². The van der Waals surface area contributed by atoms with Crippen molar-refractivity contribution in [2.75, 3.05) is 16.5 Å². The zero-order chi connectivity index (χ0) is 13.1. The SMILES string of the molecule is NNc1cc(Nc2ccc(Br)c(Cl)c2)nc(N)n1. The molecule has 0 aliphatic rings. The summed E-state index contributed by atoms with van der Waals surface area (Å²) >= 11 is 9.31. The molecule has 18 heavy (non-hydrogen) atoms. The van der Waals surface area contributed by atoms with Crippen LogP contribution in [-0.4, -0.2) is 9.97 Å². The van der Waals surface area contributed by atoms with E-state index in [9.17, 15) is 0 Å². The number of nitrogens with two attached hydrogens (primary N) is 2. The van der Waals surface area contributed by atoms with E-state index in [0.29, 0.717) is 16.7 Å². The normalized spacial score (nSPS) is 10.2. The molecule has 0 spiro atoms. The molecule has 0 aliphatic carbocycles. The Bertz CT molecular complexity index is 576. The van der Waals surface area contributed by atoms with Crippen LogP contribution >= 0.6 is 27.5 Å². The van der Waals surface area contributed by atoms with E-state index < -0.39 is 0 Å². The van der Waals surface area contributed by atoms with E-state index in [1.54, 1.807) is 12.1 Å². The molecule has 0 saturated heterocycles. The van der Waals surface area contributed by atoms with E-state index in [4.69, 9.17) is 23.2 Å². The fraction of sp³-hybridized carbons (Fsp3) is 0. The predicted octanol–water partition coefficient (Wildman–Crippen LogP) is 2.50. The molecule has 6 nitrogen and oxygen atoms in total. The van der Waals surface area contributed by atoms with Crippen molar-refractivity contribution in [3.8, 4) is 0 Å². The summed E-state index contributed by atoms with van der Waals surface area (Å²) in [5.74, 6) is 6.34. The molecule has 0 amide bonds. The van der Waals surface area contributed by atoms with Crippen LogP contribution in [0.3, 0.4) is 0 Å². The van der Waals surface area contributed by atoms with E-state index in [1.165, 1.54) is 0 Å². The Morgan fingerprint density at radius 2 is 1.89 bits per heavy atom. The minimum atomic E-state index is 0.121. The third-order valence-corrected chi connectivity index (χ3v) is 3.32. The lowest BCUT2D eigenvalue weighted by atomic mass is 10.3. The second kappa shape index (κ2) is 5.38. The highest BCUT2D eigenvalue weighted by Crippen LogP contribution is 2.27. The minimum Gasteiger partial charge on any atom is -0.368 e. The lowest BCUT2D eigenvalue weighted by Gasteiger charge is -2.08. The van der Waals surface area contributed by atoms with Gasteiger partial charge in [0.25, 0.3) is 0 Å². The number of rotatable bonds is 3. The number of nitrogens with one attached hydrogen (secondary N) is 2. The maximum Gasteiger partial charge on any atom is 0.223 e. The Morgan fingerprint density at radius 3 is 2.56 bits per heavy atom. The predicted molar refractivity (Wildman–Crippen MR) is 76.7 cm³/mol. The van der Waals surface area contributed by atoms with Crippen molar-refractivity contribution in [2.24, 2.45) is 5.84 Å². The maximum atomic E-state index is 5.99. The zero-order valence-electron chi connectivity index (χ0n) is 9.11. The summed E-state index contributed by atoms with van der Waals surface area (Å²) in [5, 5.41) is 3.65. The molecule has 1 aromatic carbocycles. The minimum absolute atomic E-state index is 0.121. The van der Waals surface area contributed by atoms with Crippen LogP contribution in [0.15, 0.2) is 28.7 Å². The summed E-state index contributed by atoms with van der Waals surface area (Å²) < 4.78 is 0.821. The molecule has 94 valence electrons. The molecule has 0 radical (unpaired) electrons. The fourth-order valence-electron chi connectivity index (χ4n) is 1.33. The highest BCUT2D eigenvalue weighted by Gasteiger charge is 2.03. The molecule has 1 heterocycles. The Hall–Kier alpha value is -1.57. The highest BCUT2D eigenvalue weighted by molar-refractivity contribution is 9.10. The van der Waals surface area contributed by atoms with Crippen LogP contribution in [0.4, 0.5) is 23.3 Å². The number of hydrogen-bond donors (Lipinski definition) is 4. The Labute approximate surface area is 117 Å². The standard InChI is InChI=1S/C10H10BrClN6/c11-6-2-1-5(3-7(6)12)15-8-4-9(18-14)17-10(13)16-8/h1-4H,14H2,(H4,13,15,16,17,18). The Kier molecular flexibility index (Phi) is 3.85. The van der Waals surface area contributed by atoms with Crippen LogP contribution in [0.25, 0.3) is 0 Å². The van der Waals surface area contributed by atoms with Gasteiger partial charge in [-0.15, -0.1) is 0 Å². The third kappa shape index (κ3) is 3.00. The maximum absolute atomic E-state index is 5.99. The van der Waals surface area contributed by atoms with Gasteiger partial charge < -0.3 is 16.5 Å². The van der Waals surface area contributed by atoms with Gasteiger partial charge in [-0.05, 0) is 34.1 Å². The van der Waals surface area contributed by atoms with Crippen molar-refractivity contribution in [3.63, 3.8) is 0 Å². The molecule has 2 rings (SSSR count). The van der Waals surface area contributed by atoms with Crippen molar-refractivity contribution in [3.05, 3.63) is 33.8 Å². The summed E-state index contributed by atoms with van der Waals surface area (Å²) in [6.07, 6.45) is 0.